The zero-order chi connectivity index (χ0) is 24.9. The van der Waals surface area contributed by atoms with Crippen molar-refractivity contribution in [3.8, 4) is 0 Å². The Balaban J connectivity index is 1.54. The van der Waals surface area contributed by atoms with Crippen LogP contribution in [0.4, 0.5) is 22.1 Å². The number of aliphatic imine (C=N–C) groups is 1. The molecule has 4 rings (SSSR count). The van der Waals surface area contributed by atoms with Gasteiger partial charge in [0.15, 0.2) is 0 Å². The minimum atomic E-state index is -0.427. The molecule has 2 amide bonds. The van der Waals surface area contributed by atoms with E-state index < -0.39 is 6.03 Å². The Hall–Kier alpha value is -3.36. The molecule has 8 nitrogen and oxygen atoms in total. The molecule has 0 saturated carbocycles. The van der Waals surface area contributed by atoms with Crippen molar-refractivity contribution in [3.05, 3.63) is 75.5 Å². The fraction of sp³-hybridized carbons (Fsp3) is 0.280. The van der Waals surface area contributed by atoms with Crippen LogP contribution in [-0.4, -0.2) is 53.0 Å². The number of nitrogens with one attached hydrogen (secondary N) is 2. The van der Waals surface area contributed by atoms with Crippen molar-refractivity contribution in [2.24, 2.45) is 4.99 Å². The molecular formula is C25H27Cl2N7O. The van der Waals surface area contributed by atoms with Gasteiger partial charge in [0.1, 0.15) is 0 Å². The normalized spacial score (nSPS) is 14.1. The van der Waals surface area contributed by atoms with Crippen molar-refractivity contribution in [2.75, 3.05) is 36.4 Å². The molecule has 1 aliphatic heterocycles. The van der Waals surface area contributed by atoms with Crippen LogP contribution in [0.2, 0.25) is 10.0 Å². The molecule has 0 aliphatic carbocycles. The van der Waals surface area contributed by atoms with E-state index in [4.69, 9.17) is 23.2 Å². The molecule has 3 aromatic rings. The number of amides is 2. The third-order valence-electron chi connectivity index (χ3n) is 5.58. The van der Waals surface area contributed by atoms with Crippen molar-refractivity contribution in [1.29, 1.82) is 0 Å². The van der Waals surface area contributed by atoms with Crippen LogP contribution in [0.5, 0.6) is 0 Å². The summed E-state index contributed by atoms with van der Waals surface area (Å²) in [6.45, 7) is 8.62. The van der Waals surface area contributed by atoms with E-state index >= 15 is 0 Å². The highest BCUT2D eigenvalue weighted by atomic mass is 35.5. The smallest absolute Gasteiger partial charge is 0.326 e. The lowest BCUT2D eigenvalue weighted by Gasteiger charge is -2.38. The Kier molecular flexibility index (Phi) is 7.73. The number of hydrogen-bond acceptors (Lipinski definition) is 5. The van der Waals surface area contributed by atoms with Crippen LogP contribution in [0.1, 0.15) is 17.0 Å². The van der Waals surface area contributed by atoms with Crippen molar-refractivity contribution in [1.82, 2.24) is 20.2 Å². The molecule has 1 fully saturated rings. The number of guanidine groups is 1. The van der Waals surface area contributed by atoms with Crippen LogP contribution in [0.15, 0.2) is 53.5 Å². The fourth-order valence-corrected chi connectivity index (χ4v) is 4.30. The first-order chi connectivity index (χ1) is 16.8. The average Bonchev–Trinajstić information content (AvgIpc) is 2.80. The van der Waals surface area contributed by atoms with Crippen LogP contribution in [0.3, 0.4) is 0 Å². The van der Waals surface area contributed by atoms with E-state index in [9.17, 15) is 4.79 Å². The monoisotopic (exact) mass is 511 g/mol. The van der Waals surface area contributed by atoms with Gasteiger partial charge in [-0.2, -0.15) is 4.99 Å². The molecule has 10 heteroatoms. The molecule has 35 heavy (non-hydrogen) atoms. The molecule has 1 aliphatic rings. The zero-order valence-corrected chi connectivity index (χ0v) is 21.4. The third kappa shape index (κ3) is 6.61. The van der Waals surface area contributed by atoms with Gasteiger partial charge in [-0.3, -0.25) is 5.32 Å². The first-order valence-corrected chi connectivity index (χ1v) is 12.0. The number of aromatic nitrogens is 2. The average molecular weight is 512 g/mol. The number of halogens is 2. The Morgan fingerprint density at radius 2 is 1.60 bits per heavy atom. The van der Waals surface area contributed by atoms with Crippen LogP contribution in [0.25, 0.3) is 0 Å². The molecular weight excluding hydrogens is 485 g/mol. The molecule has 2 aromatic carbocycles. The quantitative estimate of drug-likeness (QED) is 0.366. The number of anilines is 2. The SMILES string of the molecule is Cc1cc(C)nc(/N=C(\NC(=O)Nc2cccc(Cl)c2)N2CCN(c3cc(Cl)ccc3C)CC2)n1. The zero-order valence-electron chi connectivity index (χ0n) is 19.8. The predicted octanol–water partition coefficient (Wildman–Crippen LogP) is 5.34. The number of piperazine rings is 1. The second-order valence-corrected chi connectivity index (χ2v) is 9.25. The third-order valence-corrected chi connectivity index (χ3v) is 6.05. The topological polar surface area (TPSA) is 85.7 Å². The Labute approximate surface area is 215 Å². The Morgan fingerprint density at radius 3 is 2.29 bits per heavy atom. The summed E-state index contributed by atoms with van der Waals surface area (Å²) in [6.07, 6.45) is 0. The number of carbonyl (C=O) groups is 1. The number of aryl methyl sites for hydroxylation is 3. The second kappa shape index (κ2) is 10.9. The van der Waals surface area contributed by atoms with E-state index in [0.717, 1.165) is 30.2 Å². The maximum absolute atomic E-state index is 12.8. The Morgan fingerprint density at radius 1 is 0.914 bits per heavy atom. The number of rotatable bonds is 3. The van der Waals surface area contributed by atoms with E-state index in [2.05, 4.69) is 37.4 Å². The van der Waals surface area contributed by atoms with Crippen molar-refractivity contribution < 1.29 is 4.79 Å². The van der Waals surface area contributed by atoms with Crippen molar-refractivity contribution in [2.45, 2.75) is 20.8 Å². The number of urea groups is 1. The highest BCUT2D eigenvalue weighted by molar-refractivity contribution is 6.31. The van der Waals surface area contributed by atoms with E-state index in [1.165, 1.54) is 5.56 Å². The fourth-order valence-electron chi connectivity index (χ4n) is 3.94. The number of nitrogens with zero attached hydrogens (tertiary/aromatic N) is 5. The van der Waals surface area contributed by atoms with E-state index in [1.807, 2.05) is 43.0 Å². The summed E-state index contributed by atoms with van der Waals surface area (Å²) in [7, 11) is 0. The van der Waals surface area contributed by atoms with Gasteiger partial charge >= 0.3 is 6.03 Å². The summed E-state index contributed by atoms with van der Waals surface area (Å²) in [5.74, 6) is 0.686. The molecule has 0 bridgehead atoms. The summed E-state index contributed by atoms with van der Waals surface area (Å²) in [4.78, 5) is 30.6. The van der Waals surface area contributed by atoms with Gasteiger partial charge < -0.3 is 15.1 Å². The van der Waals surface area contributed by atoms with Gasteiger partial charge in [-0.05, 0) is 62.7 Å². The molecule has 0 atom stereocenters. The molecule has 2 heterocycles. The lowest BCUT2D eigenvalue weighted by Crippen LogP contribution is -2.54. The first-order valence-electron chi connectivity index (χ1n) is 11.3. The second-order valence-electron chi connectivity index (χ2n) is 8.38. The van der Waals surface area contributed by atoms with Crippen LogP contribution in [0, 0.1) is 20.8 Å². The largest absolute Gasteiger partial charge is 0.368 e. The highest BCUT2D eigenvalue weighted by Crippen LogP contribution is 2.25. The van der Waals surface area contributed by atoms with E-state index in [1.54, 1.807) is 24.3 Å². The minimum absolute atomic E-state index is 0.300. The lowest BCUT2D eigenvalue weighted by atomic mass is 10.1. The number of benzene rings is 2. The van der Waals surface area contributed by atoms with Crippen LogP contribution < -0.4 is 15.5 Å². The van der Waals surface area contributed by atoms with Gasteiger partial charge in [0.25, 0.3) is 5.95 Å². The van der Waals surface area contributed by atoms with Gasteiger partial charge in [-0.15, -0.1) is 0 Å². The van der Waals surface area contributed by atoms with Gasteiger partial charge in [-0.1, -0.05) is 35.3 Å². The lowest BCUT2D eigenvalue weighted by molar-refractivity contribution is 0.254. The summed E-state index contributed by atoms with van der Waals surface area (Å²) >= 11 is 12.3. The van der Waals surface area contributed by atoms with Crippen LogP contribution >= 0.6 is 23.2 Å². The summed E-state index contributed by atoms with van der Waals surface area (Å²) < 4.78 is 0. The summed E-state index contributed by atoms with van der Waals surface area (Å²) in [5, 5.41) is 6.93. The predicted molar refractivity (Wildman–Crippen MR) is 142 cm³/mol. The van der Waals surface area contributed by atoms with Crippen molar-refractivity contribution >= 4 is 52.5 Å². The maximum Gasteiger partial charge on any atom is 0.326 e. The Bertz CT molecular complexity index is 1240. The molecule has 0 unspecified atom stereocenters. The number of carbonyl (C=O) groups excluding carboxylic acids is 1. The minimum Gasteiger partial charge on any atom is -0.368 e. The summed E-state index contributed by atoms with van der Waals surface area (Å²) in [5.41, 5.74) is 4.47. The molecule has 0 spiro atoms. The first kappa shape index (κ1) is 24.8. The number of hydrogen-bond donors (Lipinski definition) is 2. The molecule has 0 radical (unpaired) electrons. The molecule has 1 aromatic heterocycles. The van der Waals surface area contributed by atoms with Gasteiger partial charge in [-0.25, -0.2) is 14.8 Å². The maximum atomic E-state index is 12.8. The van der Waals surface area contributed by atoms with E-state index in [-0.39, 0.29) is 0 Å². The summed E-state index contributed by atoms with van der Waals surface area (Å²) in [6, 6.07) is 14.3. The highest BCUT2D eigenvalue weighted by Gasteiger charge is 2.23. The van der Waals surface area contributed by atoms with E-state index in [0.29, 0.717) is 40.7 Å². The van der Waals surface area contributed by atoms with Gasteiger partial charge in [0.05, 0.1) is 0 Å². The molecule has 1 saturated heterocycles. The molecule has 182 valence electrons. The van der Waals surface area contributed by atoms with Crippen molar-refractivity contribution in [3.63, 3.8) is 0 Å². The van der Waals surface area contributed by atoms with Gasteiger partial charge in [0.2, 0.25) is 5.96 Å². The van der Waals surface area contributed by atoms with Crippen LogP contribution in [-0.2, 0) is 0 Å². The van der Waals surface area contributed by atoms with Gasteiger partial charge in [0, 0.05) is 59.0 Å². The molecule has 2 N–H and O–H groups in total. The standard InChI is InChI=1S/C25H27Cl2N7O/c1-16-7-8-20(27)15-22(16)33-9-11-34(12-10-33)24(31-23-28-17(2)13-18(3)29-23)32-25(35)30-21-6-4-5-19(26)14-21/h4-8,13-15H,9-12H2,1-3H3,(H2,28,29,30,31,32,35).